The SMILES string of the molecule is CC(C)(C)OC(=O)N[C@H](Cc1cc2ccccc2o1)C(=O)O. The van der Waals surface area contributed by atoms with E-state index in [1.54, 1.807) is 32.9 Å². The summed E-state index contributed by atoms with van der Waals surface area (Å²) in [4.78, 5) is 23.0. The highest BCUT2D eigenvalue weighted by atomic mass is 16.6. The zero-order chi connectivity index (χ0) is 16.3. The maximum absolute atomic E-state index is 11.7. The van der Waals surface area contributed by atoms with Gasteiger partial charge in [0.1, 0.15) is 23.0 Å². The number of carbonyl (C=O) groups excluding carboxylic acids is 1. The number of hydrogen-bond donors (Lipinski definition) is 2. The lowest BCUT2D eigenvalue weighted by Gasteiger charge is -2.21. The highest BCUT2D eigenvalue weighted by Gasteiger charge is 2.25. The van der Waals surface area contributed by atoms with E-state index in [1.165, 1.54) is 0 Å². The van der Waals surface area contributed by atoms with Gasteiger partial charge in [0.15, 0.2) is 0 Å². The van der Waals surface area contributed by atoms with E-state index in [0.29, 0.717) is 11.3 Å². The van der Waals surface area contributed by atoms with Crippen LogP contribution in [0.2, 0.25) is 0 Å². The van der Waals surface area contributed by atoms with Crippen LogP contribution in [-0.2, 0) is 16.0 Å². The Labute approximate surface area is 128 Å². The molecule has 118 valence electrons. The maximum atomic E-state index is 11.7. The van der Waals surface area contributed by atoms with Crippen molar-refractivity contribution in [3.8, 4) is 0 Å². The van der Waals surface area contributed by atoms with Crippen LogP contribution in [0.3, 0.4) is 0 Å². The van der Waals surface area contributed by atoms with E-state index in [-0.39, 0.29) is 6.42 Å². The maximum Gasteiger partial charge on any atom is 0.408 e. The van der Waals surface area contributed by atoms with Gasteiger partial charge >= 0.3 is 12.1 Å². The molecule has 1 aromatic carbocycles. The zero-order valence-corrected chi connectivity index (χ0v) is 12.8. The average molecular weight is 305 g/mol. The first-order valence-electron chi connectivity index (χ1n) is 6.94. The molecule has 0 saturated heterocycles. The second-order valence-electron chi connectivity index (χ2n) is 5.99. The van der Waals surface area contributed by atoms with Crippen molar-refractivity contribution in [1.29, 1.82) is 0 Å². The molecule has 1 atom stereocenters. The summed E-state index contributed by atoms with van der Waals surface area (Å²) in [6.07, 6.45) is -0.723. The molecule has 0 bridgehead atoms. The molecular formula is C16H19NO5. The van der Waals surface area contributed by atoms with Crippen molar-refractivity contribution in [2.45, 2.75) is 38.8 Å². The van der Waals surface area contributed by atoms with Gasteiger partial charge in [-0.3, -0.25) is 0 Å². The van der Waals surface area contributed by atoms with Crippen LogP contribution in [0.25, 0.3) is 11.0 Å². The topological polar surface area (TPSA) is 88.8 Å². The first-order chi connectivity index (χ1) is 10.2. The number of para-hydroxylation sites is 1. The number of alkyl carbamates (subject to hydrolysis) is 1. The van der Waals surface area contributed by atoms with Gasteiger partial charge in [-0.2, -0.15) is 0 Å². The molecule has 0 saturated carbocycles. The van der Waals surface area contributed by atoms with Crippen molar-refractivity contribution in [3.05, 3.63) is 36.1 Å². The number of hydrogen-bond acceptors (Lipinski definition) is 4. The second kappa shape index (κ2) is 6.09. The fourth-order valence-corrected chi connectivity index (χ4v) is 1.99. The van der Waals surface area contributed by atoms with Gasteiger partial charge in [0, 0.05) is 11.8 Å². The Morgan fingerprint density at radius 3 is 2.59 bits per heavy atom. The lowest BCUT2D eigenvalue weighted by atomic mass is 10.1. The molecule has 6 nitrogen and oxygen atoms in total. The third-order valence-corrected chi connectivity index (χ3v) is 2.87. The Bertz CT molecular complexity index is 650. The van der Waals surface area contributed by atoms with Gasteiger partial charge < -0.3 is 19.6 Å². The average Bonchev–Trinajstić information content (AvgIpc) is 2.77. The third-order valence-electron chi connectivity index (χ3n) is 2.87. The summed E-state index contributed by atoms with van der Waals surface area (Å²) < 4.78 is 10.6. The second-order valence-corrected chi connectivity index (χ2v) is 5.99. The van der Waals surface area contributed by atoms with Crippen LogP contribution in [-0.4, -0.2) is 28.8 Å². The number of carboxylic acids is 1. The molecule has 22 heavy (non-hydrogen) atoms. The number of aliphatic carboxylic acids is 1. The van der Waals surface area contributed by atoms with Crippen LogP contribution in [0, 0.1) is 0 Å². The number of nitrogens with one attached hydrogen (secondary N) is 1. The van der Waals surface area contributed by atoms with Gasteiger partial charge in [-0.1, -0.05) is 18.2 Å². The van der Waals surface area contributed by atoms with Gasteiger partial charge in [0.05, 0.1) is 0 Å². The smallest absolute Gasteiger partial charge is 0.408 e. The van der Waals surface area contributed by atoms with Crippen LogP contribution in [0.5, 0.6) is 0 Å². The van der Waals surface area contributed by atoms with E-state index in [1.807, 2.05) is 18.2 Å². The Balaban J connectivity index is 2.08. The fourth-order valence-electron chi connectivity index (χ4n) is 1.99. The molecule has 0 fully saturated rings. The van der Waals surface area contributed by atoms with Crippen LogP contribution < -0.4 is 5.32 Å². The summed E-state index contributed by atoms with van der Waals surface area (Å²) in [5.41, 5.74) is -0.00845. The summed E-state index contributed by atoms with van der Waals surface area (Å²) in [6.45, 7) is 5.13. The summed E-state index contributed by atoms with van der Waals surface area (Å²) in [5.74, 6) is -0.657. The third kappa shape index (κ3) is 4.25. The van der Waals surface area contributed by atoms with Gasteiger partial charge in [-0.15, -0.1) is 0 Å². The first kappa shape index (κ1) is 15.9. The number of carboxylic acid groups (broad SMARTS) is 1. The normalized spacial score (nSPS) is 12.9. The number of benzene rings is 1. The number of ether oxygens (including phenoxy) is 1. The van der Waals surface area contributed by atoms with E-state index >= 15 is 0 Å². The predicted octanol–water partition coefficient (Wildman–Crippen LogP) is 2.95. The summed E-state index contributed by atoms with van der Waals surface area (Å²) in [5, 5.41) is 12.5. The van der Waals surface area contributed by atoms with Crippen molar-refractivity contribution in [3.63, 3.8) is 0 Å². The van der Waals surface area contributed by atoms with Crippen LogP contribution >= 0.6 is 0 Å². The van der Waals surface area contributed by atoms with Gasteiger partial charge in [-0.05, 0) is 32.9 Å². The first-order valence-corrected chi connectivity index (χ1v) is 6.94. The van der Waals surface area contributed by atoms with E-state index in [0.717, 1.165) is 5.39 Å². The van der Waals surface area contributed by atoms with Crippen molar-refractivity contribution in [2.75, 3.05) is 0 Å². The van der Waals surface area contributed by atoms with Gasteiger partial charge in [0.25, 0.3) is 0 Å². The molecular weight excluding hydrogens is 286 g/mol. The highest BCUT2D eigenvalue weighted by Crippen LogP contribution is 2.20. The summed E-state index contributed by atoms with van der Waals surface area (Å²) in [6, 6.07) is 8.03. The molecule has 2 N–H and O–H groups in total. The molecule has 0 aliphatic carbocycles. The van der Waals surface area contributed by atoms with E-state index in [4.69, 9.17) is 9.15 Å². The molecule has 0 aliphatic rings. The molecule has 2 rings (SSSR count). The minimum atomic E-state index is -1.15. The van der Waals surface area contributed by atoms with Crippen molar-refractivity contribution in [1.82, 2.24) is 5.32 Å². The Hall–Kier alpha value is -2.50. The highest BCUT2D eigenvalue weighted by molar-refractivity contribution is 5.81. The Morgan fingerprint density at radius 1 is 1.32 bits per heavy atom. The van der Waals surface area contributed by atoms with Crippen molar-refractivity contribution >= 4 is 23.0 Å². The van der Waals surface area contributed by atoms with E-state index in [2.05, 4.69) is 5.32 Å². The molecule has 1 heterocycles. The molecule has 1 aromatic heterocycles. The number of rotatable bonds is 4. The number of fused-ring (bicyclic) bond motifs is 1. The fraction of sp³-hybridized carbons (Fsp3) is 0.375. The number of carbonyl (C=O) groups is 2. The van der Waals surface area contributed by atoms with Gasteiger partial charge in [-0.25, -0.2) is 9.59 Å². The monoisotopic (exact) mass is 305 g/mol. The standard InChI is InChI=1S/C16H19NO5/c1-16(2,3)22-15(20)17-12(14(18)19)9-11-8-10-6-4-5-7-13(10)21-11/h4-8,12H,9H2,1-3H3,(H,17,20)(H,18,19)/t12-/m1/s1. The zero-order valence-electron chi connectivity index (χ0n) is 12.8. The molecule has 0 spiro atoms. The quantitative estimate of drug-likeness (QED) is 0.906. The number of amides is 1. The molecule has 0 aliphatic heterocycles. The number of furan rings is 1. The summed E-state index contributed by atoms with van der Waals surface area (Å²) >= 11 is 0. The van der Waals surface area contributed by atoms with Gasteiger partial charge in [0.2, 0.25) is 0 Å². The van der Waals surface area contributed by atoms with E-state index < -0.39 is 23.7 Å². The van der Waals surface area contributed by atoms with E-state index in [9.17, 15) is 14.7 Å². The molecule has 1 amide bonds. The van der Waals surface area contributed by atoms with Crippen molar-refractivity contribution in [2.24, 2.45) is 0 Å². The Morgan fingerprint density at radius 2 is 2.00 bits per heavy atom. The lowest BCUT2D eigenvalue weighted by Crippen LogP contribution is -2.44. The van der Waals surface area contributed by atoms with Crippen LogP contribution in [0.15, 0.2) is 34.7 Å². The lowest BCUT2D eigenvalue weighted by molar-refractivity contribution is -0.139. The van der Waals surface area contributed by atoms with Crippen molar-refractivity contribution < 1.29 is 23.8 Å². The van der Waals surface area contributed by atoms with Crippen LogP contribution in [0.4, 0.5) is 4.79 Å². The molecule has 0 unspecified atom stereocenters. The minimum Gasteiger partial charge on any atom is -0.480 e. The van der Waals surface area contributed by atoms with Crippen LogP contribution in [0.1, 0.15) is 26.5 Å². The minimum absolute atomic E-state index is 0.0449. The Kier molecular flexibility index (Phi) is 4.40. The molecule has 6 heteroatoms. The summed E-state index contributed by atoms with van der Waals surface area (Å²) in [7, 11) is 0. The predicted molar refractivity (Wildman–Crippen MR) is 80.7 cm³/mol. The molecule has 2 aromatic rings. The molecule has 0 radical (unpaired) electrons. The largest absolute Gasteiger partial charge is 0.480 e.